The molecule has 0 saturated heterocycles. The summed E-state index contributed by atoms with van der Waals surface area (Å²) < 4.78 is 67.0. The number of nitrogens with zero attached hydrogens (tertiary/aromatic N) is 2. The topological polar surface area (TPSA) is 72.0 Å². The summed E-state index contributed by atoms with van der Waals surface area (Å²) in [6.45, 7) is 1.78. The molecule has 2 aromatic rings. The maximum absolute atomic E-state index is 12.9. The second kappa shape index (κ2) is 7.31. The molecule has 0 atom stereocenters. The predicted molar refractivity (Wildman–Crippen MR) is 96.2 cm³/mol. The monoisotopic (exact) mass is 439 g/mol. The predicted octanol–water partition coefficient (Wildman–Crippen LogP) is 4.66. The highest BCUT2D eigenvalue weighted by atomic mass is 35.5. The van der Waals surface area contributed by atoms with Gasteiger partial charge in [0.2, 0.25) is 10.0 Å². The van der Waals surface area contributed by atoms with Crippen molar-refractivity contribution in [2.24, 2.45) is 0 Å². The Kier molecular flexibility index (Phi) is 5.55. The Morgan fingerprint density at radius 2 is 1.85 bits per heavy atom. The highest BCUT2D eigenvalue weighted by Gasteiger charge is 2.42. The van der Waals surface area contributed by atoms with Gasteiger partial charge in [-0.1, -0.05) is 42.2 Å². The van der Waals surface area contributed by atoms with Gasteiger partial charge in [0.1, 0.15) is 14.9 Å². The van der Waals surface area contributed by atoms with E-state index >= 15 is 0 Å². The Labute approximate surface area is 164 Å². The molecule has 3 rings (SSSR count). The molecular weight excluding hydrogens is 423 g/mol. The van der Waals surface area contributed by atoms with E-state index in [-0.39, 0.29) is 4.90 Å². The van der Waals surface area contributed by atoms with Gasteiger partial charge < -0.3 is 0 Å². The number of alkyl halides is 3. The summed E-state index contributed by atoms with van der Waals surface area (Å²) in [5.74, 6) is 0. The van der Waals surface area contributed by atoms with E-state index < -0.39 is 32.3 Å². The van der Waals surface area contributed by atoms with E-state index in [1.807, 2.05) is 0 Å². The normalized spacial score (nSPS) is 17.8. The van der Waals surface area contributed by atoms with Gasteiger partial charge in [0, 0.05) is 0 Å². The summed E-state index contributed by atoms with van der Waals surface area (Å²) in [7, 11) is -4.16. The molecule has 0 radical (unpaired) electrons. The first kappa shape index (κ1) is 20.5. The molecule has 1 saturated carbocycles. The zero-order valence-corrected chi connectivity index (χ0v) is 16.7. The number of sulfonamides is 1. The third-order valence-electron chi connectivity index (χ3n) is 4.52. The first-order valence-electron chi connectivity index (χ1n) is 8.25. The summed E-state index contributed by atoms with van der Waals surface area (Å²) >= 11 is 7.20. The largest absolute Gasteiger partial charge is 0.416 e. The van der Waals surface area contributed by atoms with Crippen LogP contribution in [-0.2, 0) is 21.7 Å². The van der Waals surface area contributed by atoms with Crippen LogP contribution in [-0.4, -0.2) is 18.6 Å². The standard InChI is InChI=1S/C16H17ClF3N3O2S2/c1-10-21-22-14(26-10)15(7-3-2-4-8-15)23-27(24,25)13-6-5-11(9-12(13)17)16(18,19)20/h5-6,9,23H,2-4,7-8H2,1H3. The first-order valence-corrected chi connectivity index (χ1v) is 10.9. The molecule has 1 fully saturated rings. The molecule has 27 heavy (non-hydrogen) atoms. The van der Waals surface area contributed by atoms with Crippen molar-refractivity contribution < 1.29 is 21.6 Å². The Hall–Kier alpha value is -1.23. The van der Waals surface area contributed by atoms with Crippen LogP contribution in [0.1, 0.15) is 47.7 Å². The van der Waals surface area contributed by atoms with E-state index in [9.17, 15) is 21.6 Å². The fourth-order valence-corrected chi connectivity index (χ4v) is 6.14. The van der Waals surface area contributed by atoms with Crippen LogP contribution < -0.4 is 4.72 Å². The highest BCUT2D eigenvalue weighted by molar-refractivity contribution is 7.89. The molecule has 0 spiro atoms. The minimum absolute atomic E-state index is 0.386. The van der Waals surface area contributed by atoms with Crippen LogP contribution in [0.5, 0.6) is 0 Å². The summed E-state index contributed by atoms with van der Waals surface area (Å²) in [6, 6.07) is 2.22. The van der Waals surface area contributed by atoms with Crippen LogP contribution in [0.3, 0.4) is 0 Å². The summed E-state index contributed by atoms with van der Waals surface area (Å²) in [5, 5.41) is 8.89. The van der Waals surface area contributed by atoms with Crippen molar-refractivity contribution in [2.45, 2.75) is 55.6 Å². The number of aryl methyl sites for hydroxylation is 1. The number of rotatable bonds is 4. The molecular formula is C16H17ClF3N3O2S2. The molecule has 1 heterocycles. The summed E-state index contributed by atoms with van der Waals surface area (Å²) in [4.78, 5) is -0.386. The second-order valence-corrected chi connectivity index (χ2v) is 9.76. The number of aromatic nitrogens is 2. The lowest BCUT2D eigenvalue weighted by Crippen LogP contribution is -2.47. The third kappa shape index (κ3) is 4.28. The molecule has 5 nitrogen and oxygen atoms in total. The van der Waals surface area contributed by atoms with Crippen molar-refractivity contribution in [3.05, 3.63) is 38.8 Å². The van der Waals surface area contributed by atoms with Gasteiger partial charge in [-0.25, -0.2) is 8.42 Å². The minimum atomic E-state index is -4.60. The van der Waals surface area contributed by atoms with Crippen LogP contribution in [0.2, 0.25) is 5.02 Å². The molecule has 148 valence electrons. The Morgan fingerprint density at radius 1 is 1.19 bits per heavy atom. The van der Waals surface area contributed by atoms with Crippen LogP contribution >= 0.6 is 22.9 Å². The molecule has 0 aliphatic heterocycles. The van der Waals surface area contributed by atoms with Crippen LogP contribution in [0.25, 0.3) is 0 Å². The number of halogens is 4. The van der Waals surface area contributed by atoms with E-state index in [0.29, 0.717) is 35.0 Å². The van der Waals surface area contributed by atoms with E-state index in [4.69, 9.17) is 11.6 Å². The van der Waals surface area contributed by atoms with Gasteiger partial charge in [-0.3, -0.25) is 0 Å². The lowest BCUT2D eigenvalue weighted by molar-refractivity contribution is -0.137. The van der Waals surface area contributed by atoms with Gasteiger partial charge >= 0.3 is 6.18 Å². The fraction of sp³-hybridized carbons (Fsp3) is 0.500. The number of nitrogens with one attached hydrogen (secondary N) is 1. The van der Waals surface area contributed by atoms with Crippen molar-refractivity contribution in [2.75, 3.05) is 0 Å². The molecule has 1 aromatic heterocycles. The average Bonchev–Trinajstić information content (AvgIpc) is 3.01. The van der Waals surface area contributed by atoms with Crippen molar-refractivity contribution in [1.29, 1.82) is 0 Å². The molecule has 11 heteroatoms. The summed E-state index contributed by atoms with van der Waals surface area (Å²) in [6.07, 6.45) is -0.932. The zero-order valence-electron chi connectivity index (χ0n) is 14.3. The molecule has 1 aromatic carbocycles. The van der Waals surface area contributed by atoms with E-state index in [1.54, 1.807) is 6.92 Å². The first-order chi connectivity index (χ1) is 12.5. The van der Waals surface area contributed by atoms with Gasteiger partial charge in [0.05, 0.1) is 16.1 Å². The Bertz CT molecular complexity index is 939. The van der Waals surface area contributed by atoms with Crippen molar-refractivity contribution in [3.63, 3.8) is 0 Å². The van der Waals surface area contributed by atoms with Crippen LogP contribution in [0.4, 0.5) is 13.2 Å². The molecule has 0 unspecified atom stereocenters. The highest BCUT2D eigenvalue weighted by Crippen LogP contribution is 2.40. The van der Waals surface area contributed by atoms with Crippen molar-refractivity contribution >= 4 is 33.0 Å². The van der Waals surface area contributed by atoms with Gasteiger partial charge in [0.25, 0.3) is 0 Å². The SMILES string of the molecule is Cc1nnc(C2(NS(=O)(=O)c3ccc(C(F)(F)F)cc3Cl)CCCCC2)s1. The number of hydrogen-bond acceptors (Lipinski definition) is 5. The van der Waals surface area contributed by atoms with Crippen LogP contribution in [0.15, 0.2) is 23.1 Å². The zero-order chi connectivity index (χ0) is 19.9. The molecule has 0 amide bonds. The molecule has 1 aliphatic rings. The fourth-order valence-electron chi connectivity index (χ4n) is 3.21. The van der Waals surface area contributed by atoms with Crippen LogP contribution in [0, 0.1) is 6.92 Å². The van der Waals surface area contributed by atoms with Gasteiger partial charge in [-0.05, 0) is 38.0 Å². The Morgan fingerprint density at radius 3 is 2.37 bits per heavy atom. The van der Waals surface area contributed by atoms with Crippen molar-refractivity contribution in [3.8, 4) is 0 Å². The maximum Gasteiger partial charge on any atom is 0.416 e. The quantitative estimate of drug-likeness (QED) is 0.752. The third-order valence-corrected chi connectivity index (χ3v) is 7.58. The lowest BCUT2D eigenvalue weighted by Gasteiger charge is -2.35. The van der Waals surface area contributed by atoms with Gasteiger partial charge in [0.15, 0.2) is 0 Å². The van der Waals surface area contributed by atoms with E-state index in [2.05, 4.69) is 14.9 Å². The molecule has 1 N–H and O–H groups in total. The number of hydrogen-bond donors (Lipinski definition) is 1. The smallest absolute Gasteiger partial charge is 0.207 e. The van der Waals surface area contributed by atoms with E-state index in [1.165, 1.54) is 11.3 Å². The molecule has 1 aliphatic carbocycles. The second-order valence-electron chi connectivity index (χ2n) is 6.52. The maximum atomic E-state index is 12.9. The lowest BCUT2D eigenvalue weighted by atomic mass is 9.83. The number of benzene rings is 1. The minimum Gasteiger partial charge on any atom is -0.207 e. The van der Waals surface area contributed by atoms with Gasteiger partial charge in [-0.2, -0.15) is 17.9 Å². The van der Waals surface area contributed by atoms with E-state index in [0.717, 1.165) is 25.3 Å². The molecule has 0 bridgehead atoms. The summed E-state index contributed by atoms with van der Waals surface area (Å²) in [5.41, 5.74) is -1.92. The van der Waals surface area contributed by atoms with Gasteiger partial charge in [-0.15, -0.1) is 10.2 Å². The Balaban J connectivity index is 1.99. The van der Waals surface area contributed by atoms with Crippen molar-refractivity contribution in [1.82, 2.24) is 14.9 Å². The average molecular weight is 440 g/mol.